The fourth-order valence-electron chi connectivity index (χ4n) is 3.34. The van der Waals surface area contributed by atoms with Crippen molar-refractivity contribution < 1.29 is 27.2 Å². The zero-order valence-electron chi connectivity index (χ0n) is 18.0. The molecule has 4 rings (SSSR count). The van der Waals surface area contributed by atoms with Gasteiger partial charge in [-0.05, 0) is 38.1 Å². The molecule has 4 N–H and O–H groups in total. The molecule has 0 unspecified atom stereocenters. The predicted octanol–water partition coefficient (Wildman–Crippen LogP) is 4.52. The number of nitrogens with one attached hydrogen (secondary N) is 4. The van der Waals surface area contributed by atoms with Crippen molar-refractivity contribution in [3.8, 4) is 0 Å². The van der Waals surface area contributed by atoms with E-state index >= 15 is 0 Å². The summed E-state index contributed by atoms with van der Waals surface area (Å²) in [5, 5.41) is 14.5. The van der Waals surface area contributed by atoms with Crippen LogP contribution in [-0.2, 0) is 11.0 Å². The summed E-state index contributed by atoms with van der Waals surface area (Å²) in [5.74, 6) is -1.97. The fraction of sp³-hybridized carbons (Fsp3) is 0.238. The highest BCUT2D eigenvalue weighted by atomic mass is 32.1. The first-order valence-corrected chi connectivity index (χ1v) is 10.7. The second-order valence-corrected chi connectivity index (χ2v) is 8.93. The second kappa shape index (κ2) is 8.24. The number of halogens is 4. The Bertz CT molecular complexity index is 1430. The first-order valence-electron chi connectivity index (χ1n) is 9.86. The lowest BCUT2D eigenvalue weighted by Crippen LogP contribution is -2.44. The number of carbonyl (C=O) groups excluding carboxylic acids is 2. The number of H-pyrrole nitrogens is 1. The Labute approximate surface area is 193 Å². The van der Waals surface area contributed by atoms with E-state index < -0.39 is 34.9 Å². The summed E-state index contributed by atoms with van der Waals surface area (Å²) in [5.41, 5.74) is -2.25. The van der Waals surface area contributed by atoms with E-state index in [1.54, 1.807) is 0 Å². The van der Waals surface area contributed by atoms with Crippen LogP contribution < -0.4 is 16.0 Å². The lowest BCUT2D eigenvalue weighted by atomic mass is 10.0. The third kappa shape index (κ3) is 4.25. The largest absolute Gasteiger partial charge is 0.418 e. The number of carbonyl (C=O) groups is 2. The number of fused-ring (bicyclic) bond motifs is 3. The van der Waals surface area contributed by atoms with Crippen LogP contribution in [0, 0.1) is 5.82 Å². The van der Waals surface area contributed by atoms with Gasteiger partial charge < -0.3 is 10.6 Å². The van der Waals surface area contributed by atoms with Crippen molar-refractivity contribution in [2.24, 2.45) is 0 Å². The standard InChI is InChI=1S/C21H18F4N6O2S/c1-20(2,30-9-4-5-13(22)10(6-9)17(32)26-3)18(33)29-19-28-15-12(21(23,24)25)7-14-11(8-27-31-14)16(15)34-19/h4-8,30H,1-3H3,(H,26,32)(H,27,31)(H,28,29,33). The van der Waals surface area contributed by atoms with E-state index in [2.05, 4.69) is 31.1 Å². The van der Waals surface area contributed by atoms with Gasteiger partial charge in [-0.25, -0.2) is 9.37 Å². The monoisotopic (exact) mass is 494 g/mol. The van der Waals surface area contributed by atoms with Gasteiger partial charge in [-0.2, -0.15) is 18.3 Å². The van der Waals surface area contributed by atoms with Crippen LogP contribution in [0.25, 0.3) is 21.1 Å². The van der Waals surface area contributed by atoms with Crippen LogP contribution in [0.3, 0.4) is 0 Å². The van der Waals surface area contributed by atoms with Gasteiger partial charge in [0.25, 0.3) is 11.8 Å². The summed E-state index contributed by atoms with van der Waals surface area (Å²) in [7, 11) is 1.36. The van der Waals surface area contributed by atoms with Crippen LogP contribution >= 0.6 is 11.3 Å². The first-order chi connectivity index (χ1) is 15.9. The Morgan fingerprint density at radius 2 is 1.88 bits per heavy atom. The number of hydrogen-bond acceptors (Lipinski definition) is 6. The SMILES string of the molecule is CNC(=O)c1cc(NC(C)(C)C(=O)Nc2nc3c(C(F)(F)F)cc4[nH]ncc4c3s2)ccc1F. The highest BCUT2D eigenvalue weighted by Gasteiger charge is 2.36. The van der Waals surface area contributed by atoms with Crippen molar-refractivity contribution in [2.75, 3.05) is 17.7 Å². The number of nitrogens with zero attached hydrogens (tertiary/aromatic N) is 2. The van der Waals surface area contributed by atoms with Gasteiger partial charge in [0, 0.05) is 18.1 Å². The van der Waals surface area contributed by atoms with E-state index in [1.165, 1.54) is 39.2 Å². The molecule has 2 aromatic heterocycles. The number of hydrogen-bond donors (Lipinski definition) is 4. The number of rotatable bonds is 5. The van der Waals surface area contributed by atoms with E-state index in [4.69, 9.17) is 0 Å². The quantitative estimate of drug-likeness (QED) is 0.305. The maximum atomic E-state index is 13.9. The molecule has 0 saturated heterocycles. The van der Waals surface area contributed by atoms with Gasteiger partial charge >= 0.3 is 6.18 Å². The maximum absolute atomic E-state index is 13.9. The zero-order chi connectivity index (χ0) is 24.8. The molecule has 8 nitrogen and oxygen atoms in total. The molecular formula is C21H18F4N6O2S. The van der Waals surface area contributed by atoms with Crippen molar-refractivity contribution in [1.82, 2.24) is 20.5 Å². The van der Waals surface area contributed by atoms with Crippen LogP contribution in [-0.4, -0.2) is 39.6 Å². The molecule has 0 spiro atoms. The third-order valence-corrected chi connectivity index (χ3v) is 6.08. The minimum absolute atomic E-state index is 0.0285. The van der Waals surface area contributed by atoms with Crippen LogP contribution in [0.5, 0.6) is 0 Å². The molecule has 0 aliphatic carbocycles. The van der Waals surface area contributed by atoms with Gasteiger partial charge in [-0.3, -0.25) is 20.0 Å². The molecule has 0 aliphatic rings. The van der Waals surface area contributed by atoms with Crippen molar-refractivity contribution >= 4 is 55.1 Å². The molecule has 0 fully saturated rings. The van der Waals surface area contributed by atoms with E-state index in [0.717, 1.165) is 23.5 Å². The molecule has 34 heavy (non-hydrogen) atoms. The summed E-state index contributed by atoms with van der Waals surface area (Å²) in [4.78, 5) is 28.8. The molecule has 0 radical (unpaired) electrons. The van der Waals surface area contributed by atoms with Gasteiger partial charge in [0.15, 0.2) is 5.13 Å². The minimum Gasteiger partial charge on any atom is -0.372 e. The van der Waals surface area contributed by atoms with E-state index in [9.17, 15) is 27.2 Å². The Kier molecular flexibility index (Phi) is 5.67. The lowest BCUT2D eigenvalue weighted by molar-refractivity contribution is -0.136. The average molecular weight is 494 g/mol. The summed E-state index contributed by atoms with van der Waals surface area (Å²) < 4.78 is 54.9. The second-order valence-electron chi connectivity index (χ2n) is 7.93. The van der Waals surface area contributed by atoms with Crippen molar-refractivity contribution in [1.29, 1.82) is 0 Å². The Balaban J connectivity index is 1.63. The van der Waals surface area contributed by atoms with Crippen molar-refractivity contribution in [3.63, 3.8) is 0 Å². The average Bonchev–Trinajstić information content (AvgIpc) is 3.39. The number of anilines is 2. The lowest BCUT2D eigenvalue weighted by Gasteiger charge is -2.26. The molecule has 2 aromatic carbocycles. The van der Waals surface area contributed by atoms with E-state index in [0.29, 0.717) is 11.1 Å². The van der Waals surface area contributed by atoms with E-state index in [-0.39, 0.29) is 26.4 Å². The number of alkyl halides is 3. The number of amides is 2. The first kappa shape index (κ1) is 23.4. The minimum atomic E-state index is -4.65. The molecule has 0 bridgehead atoms. The van der Waals surface area contributed by atoms with Crippen molar-refractivity contribution in [2.45, 2.75) is 25.6 Å². The number of aromatic nitrogens is 3. The van der Waals surface area contributed by atoms with E-state index in [1.807, 2.05) is 0 Å². The predicted molar refractivity (Wildman–Crippen MR) is 120 cm³/mol. The zero-order valence-corrected chi connectivity index (χ0v) is 18.8. The fourth-order valence-corrected chi connectivity index (χ4v) is 4.34. The Hall–Kier alpha value is -3.74. The number of thiazole rings is 1. The summed E-state index contributed by atoms with van der Waals surface area (Å²) in [6, 6.07) is 4.63. The molecular weight excluding hydrogens is 476 g/mol. The van der Waals surface area contributed by atoms with Gasteiger partial charge in [0.2, 0.25) is 0 Å². The Morgan fingerprint density at radius 1 is 1.15 bits per heavy atom. The number of benzene rings is 2. The smallest absolute Gasteiger partial charge is 0.372 e. The van der Waals surface area contributed by atoms with Crippen LogP contribution in [0.1, 0.15) is 29.8 Å². The Morgan fingerprint density at radius 3 is 2.56 bits per heavy atom. The van der Waals surface area contributed by atoms with Gasteiger partial charge in [-0.1, -0.05) is 11.3 Å². The van der Waals surface area contributed by atoms with Gasteiger partial charge in [0.1, 0.15) is 11.4 Å². The number of aromatic amines is 1. The normalized spacial score (nSPS) is 12.2. The molecule has 2 amide bonds. The molecule has 0 aliphatic heterocycles. The molecule has 2 heterocycles. The van der Waals surface area contributed by atoms with Gasteiger partial charge in [-0.15, -0.1) is 0 Å². The summed E-state index contributed by atoms with van der Waals surface area (Å²) >= 11 is 0.890. The molecule has 178 valence electrons. The molecule has 0 atom stereocenters. The summed E-state index contributed by atoms with van der Waals surface area (Å²) in [6.07, 6.45) is -3.26. The molecule has 13 heteroatoms. The topological polar surface area (TPSA) is 112 Å². The van der Waals surface area contributed by atoms with Crippen LogP contribution in [0.15, 0.2) is 30.5 Å². The highest BCUT2D eigenvalue weighted by Crippen LogP contribution is 2.41. The maximum Gasteiger partial charge on any atom is 0.418 e. The summed E-state index contributed by atoms with van der Waals surface area (Å²) in [6.45, 7) is 3.04. The van der Waals surface area contributed by atoms with Gasteiger partial charge in [0.05, 0.1) is 33.1 Å². The molecule has 0 saturated carbocycles. The van der Waals surface area contributed by atoms with Crippen LogP contribution in [0.4, 0.5) is 28.4 Å². The third-order valence-electron chi connectivity index (χ3n) is 5.07. The van der Waals surface area contributed by atoms with Crippen molar-refractivity contribution in [3.05, 3.63) is 47.4 Å². The van der Waals surface area contributed by atoms with Crippen LogP contribution in [0.2, 0.25) is 0 Å². The molecule has 4 aromatic rings. The highest BCUT2D eigenvalue weighted by molar-refractivity contribution is 7.23.